The molecule has 0 aliphatic carbocycles. The van der Waals surface area contributed by atoms with Gasteiger partial charge in [0.15, 0.2) is 0 Å². The molecule has 0 saturated carbocycles. The van der Waals surface area contributed by atoms with E-state index in [1.165, 1.54) is 0 Å². The van der Waals surface area contributed by atoms with Crippen molar-refractivity contribution < 1.29 is 9.84 Å². The number of rotatable bonds is 4. The first-order chi connectivity index (χ1) is 5.83. The monoisotopic (exact) mass is 278 g/mol. The van der Waals surface area contributed by atoms with E-state index in [0.717, 1.165) is 5.75 Å². The highest BCUT2D eigenvalue weighted by Crippen LogP contribution is 2.08. The molecule has 1 unspecified atom stereocenters. The highest BCUT2D eigenvalue weighted by molar-refractivity contribution is 14.1. The zero-order chi connectivity index (χ0) is 8.81. The van der Waals surface area contributed by atoms with Gasteiger partial charge in [-0.3, -0.25) is 0 Å². The van der Waals surface area contributed by atoms with Crippen LogP contribution in [0.3, 0.4) is 0 Å². The van der Waals surface area contributed by atoms with E-state index in [0.29, 0.717) is 11.0 Å². The number of aliphatic hydroxyl groups excluding tert-OH is 1. The van der Waals surface area contributed by atoms with Gasteiger partial charge in [0.25, 0.3) is 0 Å². The van der Waals surface area contributed by atoms with E-state index in [-0.39, 0.29) is 6.10 Å². The van der Waals surface area contributed by atoms with E-state index in [1.807, 2.05) is 30.3 Å². The van der Waals surface area contributed by atoms with Crippen LogP contribution < -0.4 is 4.74 Å². The summed E-state index contributed by atoms with van der Waals surface area (Å²) in [4.78, 5) is 0. The average Bonchev–Trinajstić information content (AvgIpc) is 2.16. The Balaban J connectivity index is 2.33. The molecule has 0 radical (unpaired) electrons. The van der Waals surface area contributed by atoms with E-state index >= 15 is 0 Å². The van der Waals surface area contributed by atoms with Crippen molar-refractivity contribution in [3.8, 4) is 5.75 Å². The summed E-state index contributed by atoms with van der Waals surface area (Å²) in [5.74, 6) is 0.807. The lowest BCUT2D eigenvalue weighted by Gasteiger charge is -2.08. The maximum atomic E-state index is 9.19. The molecule has 3 heteroatoms. The fourth-order valence-corrected chi connectivity index (χ4v) is 1.01. The van der Waals surface area contributed by atoms with Crippen molar-refractivity contribution in [2.24, 2.45) is 0 Å². The molecule has 0 fully saturated rings. The van der Waals surface area contributed by atoms with Gasteiger partial charge in [-0.1, -0.05) is 40.8 Å². The van der Waals surface area contributed by atoms with Crippen LogP contribution in [0.5, 0.6) is 5.75 Å². The molecular formula is C9H11IO2. The van der Waals surface area contributed by atoms with E-state index < -0.39 is 0 Å². The fraction of sp³-hybridized carbons (Fsp3) is 0.333. The zero-order valence-corrected chi connectivity index (χ0v) is 8.77. The number of hydrogen-bond donors (Lipinski definition) is 1. The Morgan fingerprint density at radius 3 is 2.58 bits per heavy atom. The third-order valence-electron chi connectivity index (χ3n) is 1.36. The molecule has 0 spiro atoms. The van der Waals surface area contributed by atoms with Gasteiger partial charge in [0, 0.05) is 4.43 Å². The van der Waals surface area contributed by atoms with Crippen molar-refractivity contribution in [1.82, 2.24) is 0 Å². The Hall–Kier alpha value is -0.290. The van der Waals surface area contributed by atoms with Crippen molar-refractivity contribution in [2.75, 3.05) is 11.0 Å². The van der Waals surface area contributed by atoms with E-state index in [1.54, 1.807) is 0 Å². The van der Waals surface area contributed by atoms with Crippen LogP contribution in [0, 0.1) is 0 Å². The van der Waals surface area contributed by atoms with E-state index in [2.05, 4.69) is 22.6 Å². The molecule has 0 saturated heterocycles. The smallest absolute Gasteiger partial charge is 0.119 e. The van der Waals surface area contributed by atoms with Gasteiger partial charge in [0.05, 0.1) is 6.10 Å². The second kappa shape index (κ2) is 5.37. The standard InChI is InChI=1S/C9H11IO2/c10-6-8(11)7-12-9-4-2-1-3-5-9/h1-5,8,11H,6-7H2. The van der Waals surface area contributed by atoms with Gasteiger partial charge in [-0.05, 0) is 12.1 Å². The van der Waals surface area contributed by atoms with Gasteiger partial charge in [-0.2, -0.15) is 0 Å². The topological polar surface area (TPSA) is 29.5 Å². The van der Waals surface area contributed by atoms with Crippen LogP contribution in [-0.2, 0) is 0 Å². The second-order valence-electron chi connectivity index (χ2n) is 2.43. The van der Waals surface area contributed by atoms with Crippen LogP contribution in [0.25, 0.3) is 0 Å². The van der Waals surface area contributed by atoms with Gasteiger partial charge in [0.1, 0.15) is 12.4 Å². The summed E-state index contributed by atoms with van der Waals surface area (Å²) in [6.45, 7) is 0.368. The zero-order valence-electron chi connectivity index (χ0n) is 6.61. The maximum Gasteiger partial charge on any atom is 0.119 e. The highest BCUT2D eigenvalue weighted by atomic mass is 127. The Morgan fingerprint density at radius 1 is 1.33 bits per heavy atom. The molecule has 0 aliphatic heterocycles. The van der Waals surface area contributed by atoms with Crippen molar-refractivity contribution in [2.45, 2.75) is 6.10 Å². The third-order valence-corrected chi connectivity index (χ3v) is 2.38. The van der Waals surface area contributed by atoms with E-state index in [4.69, 9.17) is 4.74 Å². The van der Waals surface area contributed by atoms with Crippen LogP contribution in [0.15, 0.2) is 30.3 Å². The van der Waals surface area contributed by atoms with E-state index in [9.17, 15) is 5.11 Å². The SMILES string of the molecule is OC(CI)COc1ccccc1. The lowest BCUT2D eigenvalue weighted by molar-refractivity contribution is 0.128. The molecule has 1 aromatic rings. The van der Waals surface area contributed by atoms with Crippen molar-refractivity contribution in [1.29, 1.82) is 0 Å². The normalized spacial score (nSPS) is 12.5. The molecular weight excluding hydrogens is 267 g/mol. The number of para-hydroxylation sites is 1. The largest absolute Gasteiger partial charge is 0.491 e. The average molecular weight is 278 g/mol. The number of hydrogen-bond acceptors (Lipinski definition) is 2. The summed E-state index contributed by atoms with van der Waals surface area (Å²) in [5, 5.41) is 9.19. The number of alkyl halides is 1. The Labute approximate surface area is 85.7 Å². The van der Waals surface area contributed by atoms with Crippen molar-refractivity contribution in [3.05, 3.63) is 30.3 Å². The van der Waals surface area contributed by atoms with Gasteiger partial charge in [-0.15, -0.1) is 0 Å². The first-order valence-corrected chi connectivity index (χ1v) is 5.27. The summed E-state index contributed by atoms with van der Waals surface area (Å²) >= 11 is 2.13. The quantitative estimate of drug-likeness (QED) is 0.673. The second-order valence-corrected chi connectivity index (χ2v) is 3.31. The number of halogens is 1. The fourth-order valence-electron chi connectivity index (χ4n) is 0.754. The minimum absolute atomic E-state index is 0.368. The lowest BCUT2D eigenvalue weighted by atomic mass is 10.3. The molecule has 1 atom stereocenters. The molecule has 0 amide bonds. The molecule has 66 valence electrons. The Bertz CT molecular complexity index is 213. The molecule has 1 aromatic carbocycles. The minimum Gasteiger partial charge on any atom is -0.491 e. The first-order valence-electron chi connectivity index (χ1n) is 3.75. The molecule has 0 aromatic heterocycles. The van der Waals surface area contributed by atoms with Crippen LogP contribution in [-0.4, -0.2) is 22.2 Å². The van der Waals surface area contributed by atoms with Crippen LogP contribution in [0.1, 0.15) is 0 Å². The number of ether oxygens (including phenoxy) is 1. The lowest BCUT2D eigenvalue weighted by Crippen LogP contribution is -2.18. The summed E-state index contributed by atoms with van der Waals surface area (Å²) in [6, 6.07) is 9.50. The van der Waals surface area contributed by atoms with Gasteiger partial charge in [-0.25, -0.2) is 0 Å². The number of aliphatic hydroxyl groups is 1. The maximum absolute atomic E-state index is 9.19. The molecule has 0 aliphatic rings. The first kappa shape index (κ1) is 9.80. The predicted molar refractivity (Wildman–Crippen MR) is 56.8 cm³/mol. The molecule has 0 heterocycles. The predicted octanol–water partition coefficient (Wildman–Crippen LogP) is 1.86. The minimum atomic E-state index is -0.370. The third kappa shape index (κ3) is 3.40. The van der Waals surface area contributed by atoms with Gasteiger partial charge in [0.2, 0.25) is 0 Å². The molecule has 12 heavy (non-hydrogen) atoms. The van der Waals surface area contributed by atoms with Gasteiger partial charge >= 0.3 is 0 Å². The number of benzene rings is 1. The van der Waals surface area contributed by atoms with Crippen LogP contribution in [0.2, 0.25) is 0 Å². The van der Waals surface area contributed by atoms with Crippen molar-refractivity contribution >= 4 is 22.6 Å². The highest BCUT2D eigenvalue weighted by Gasteiger charge is 2.01. The molecule has 0 bridgehead atoms. The van der Waals surface area contributed by atoms with Crippen LogP contribution >= 0.6 is 22.6 Å². The Morgan fingerprint density at radius 2 is 2.00 bits per heavy atom. The summed E-state index contributed by atoms with van der Waals surface area (Å²) in [7, 11) is 0. The summed E-state index contributed by atoms with van der Waals surface area (Å²) < 4.78 is 6.00. The summed E-state index contributed by atoms with van der Waals surface area (Å²) in [5.41, 5.74) is 0. The molecule has 1 rings (SSSR count). The van der Waals surface area contributed by atoms with Crippen LogP contribution in [0.4, 0.5) is 0 Å². The summed E-state index contributed by atoms with van der Waals surface area (Å²) in [6.07, 6.45) is -0.370. The van der Waals surface area contributed by atoms with Crippen molar-refractivity contribution in [3.63, 3.8) is 0 Å². The van der Waals surface area contributed by atoms with Gasteiger partial charge < -0.3 is 9.84 Å². The Kier molecular flexibility index (Phi) is 4.39. The molecule has 1 N–H and O–H groups in total. The molecule has 2 nitrogen and oxygen atoms in total.